The number of carbonyl (C=O) groups excluding carboxylic acids is 3. The van der Waals surface area contributed by atoms with E-state index in [0.29, 0.717) is 16.9 Å². The Balaban J connectivity index is 1.87. The van der Waals surface area contributed by atoms with Crippen molar-refractivity contribution < 1.29 is 42.5 Å². The molecule has 34 heavy (non-hydrogen) atoms. The molecular weight excluding hydrogens is 469 g/mol. The Hall–Kier alpha value is -3.34. The number of benzene rings is 1. The molecule has 4 atom stereocenters. The topological polar surface area (TPSA) is 110 Å². The van der Waals surface area contributed by atoms with E-state index in [-0.39, 0.29) is 11.5 Å². The number of halogens is 1. The van der Waals surface area contributed by atoms with Crippen molar-refractivity contribution in [2.75, 3.05) is 12.9 Å². The third-order valence-electron chi connectivity index (χ3n) is 4.76. The normalized spacial score (nSPS) is 21.8. The highest BCUT2D eigenvalue weighted by molar-refractivity contribution is 7.99. The van der Waals surface area contributed by atoms with Crippen molar-refractivity contribution in [3.8, 4) is 22.6 Å². The van der Waals surface area contributed by atoms with E-state index in [1.54, 1.807) is 18.3 Å². The van der Waals surface area contributed by atoms with Crippen LogP contribution in [-0.4, -0.2) is 59.5 Å². The van der Waals surface area contributed by atoms with Crippen molar-refractivity contribution in [1.82, 2.24) is 4.98 Å². The summed E-state index contributed by atoms with van der Waals surface area (Å²) in [6, 6.07) is 6.15. The maximum Gasteiger partial charge on any atom is 0.303 e. The first-order valence-corrected chi connectivity index (χ1v) is 11.3. The van der Waals surface area contributed by atoms with E-state index >= 15 is 0 Å². The van der Waals surface area contributed by atoms with E-state index in [0.717, 1.165) is 0 Å². The summed E-state index contributed by atoms with van der Waals surface area (Å²) in [7, 11) is 1.38. The minimum atomic E-state index is -1.07. The molecule has 0 aliphatic carbocycles. The maximum atomic E-state index is 14.2. The molecule has 0 N–H and O–H groups in total. The van der Waals surface area contributed by atoms with Gasteiger partial charge in [0, 0.05) is 38.3 Å². The minimum Gasteiger partial charge on any atom is -0.494 e. The van der Waals surface area contributed by atoms with E-state index in [9.17, 15) is 18.8 Å². The molecule has 2 aromatic rings. The molecule has 2 heterocycles. The Labute approximate surface area is 199 Å². The Bertz CT molecular complexity index is 1070. The lowest BCUT2D eigenvalue weighted by atomic mass is 10.1. The van der Waals surface area contributed by atoms with Gasteiger partial charge < -0.3 is 23.7 Å². The second-order valence-electron chi connectivity index (χ2n) is 7.37. The average molecular weight is 494 g/mol. The van der Waals surface area contributed by atoms with E-state index in [1.165, 1.54) is 58.0 Å². The van der Waals surface area contributed by atoms with Gasteiger partial charge in [0.2, 0.25) is 0 Å². The second kappa shape index (κ2) is 11.2. The summed E-state index contributed by atoms with van der Waals surface area (Å²) in [4.78, 5) is 39.2. The van der Waals surface area contributed by atoms with Crippen LogP contribution < -0.4 is 9.47 Å². The third-order valence-corrected chi connectivity index (χ3v) is 5.97. The van der Waals surface area contributed by atoms with Gasteiger partial charge in [0.25, 0.3) is 0 Å². The molecule has 0 unspecified atom stereocenters. The van der Waals surface area contributed by atoms with Crippen LogP contribution in [0, 0.1) is 5.82 Å². The summed E-state index contributed by atoms with van der Waals surface area (Å²) >= 11 is 1.23. The number of hydrogen-bond donors (Lipinski definition) is 0. The zero-order valence-corrected chi connectivity index (χ0v) is 19.8. The van der Waals surface area contributed by atoms with Gasteiger partial charge in [-0.3, -0.25) is 19.4 Å². The van der Waals surface area contributed by atoms with Gasteiger partial charge in [-0.15, -0.1) is 11.8 Å². The number of nitrogens with zero attached hydrogens (tertiary/aromatic N) is 1. The van der Waals surface area contributed by atoms with Gasteiger partial charge in [-0.25, -0.2) is 4.39 Å². The lowest BCUT2D eigenvalue weighted by Gasteiger charge is -2.39. The number of thioether (sulfide) groups is 1. The van der Waals surface area contributed by atoms with Crippen LogP contribution in [0.25, 0.3) is 11.1 Å². The van der Waals surface area contributed by atoms with Crippen LogP contribution in [0.5, 0.6) is 11.5 Å². The van der Waals surface area contributed by atoms with Gasteiger partial charge in [0.1, 0.15) is 5.75 Å². The first-order chi connectivity index (χ1) is 16.2. The SMILES string of the molecule is COc1ccc(-c2cncc(O[C@@H]3SC[C@@H](OC(C)=O)[C@H](OC(C)=O)[C@H]3OC(C)=O)c2)cc1F. The van der Waals surface area contributed by atoms with E-state index < -0.39 is 47.5 Å². The van der Waals surface area contributed by atoms with Gasteiger partial charge in [-0.2, -0.15) is 0 Å². The van der Waals surface area contributed by atoms with Gasteiger partial charge in [0.15, 0.2) is 35.3 Å². The van der Waals surface area contributed by atoms with Gasteiger partial charge >= 0.3 is 17.9 Å². The summed E-state index contributed by atoms with van der Waals surface area (Å²) in [5.41, 5.74) is 0.333. The predicted octanol–water partition coefficient (Wildman–Crippen LogP) is 3.14. The van der Waals surface area contributed by atoms with Crippen LogP contribution in [0.15, 0.2) is 36.7 Å². The van der Waals surface area contributed by atoms with E-state index in [1.807, 2.05) is 0 Å². The molecule has 0 spiro atoms. The highest BCUT2D eigenvalue weighted by atomic mass is 32.2. The molecule has 0 amide bonds. The summed E-state index contributed by atoms with van der Waals surface area (Å²) in [6.07, 6.45) is 0.0370. The van der Waals surface area contributed by atoms with Crippen molar-refractivity contribution in [2.24, 2.45) is 0 Å². The summed E-state index contributed by atoms with van der Waals surface area (Å²) < 4.78 is 41.2. The van der Waals surface area contributed by atoms with Gasteiger partial charge in [-0.05, 0) is 23.8 Å². The van der Waals surface area contributed by atoms with Crippen LogP contribution in [-0.2, 0) is 28.6 Å². The molecule has 1 aliphatic heterocycles. The third kappa shape index (κ3) is 6.37. The lowest BCUT2D eigenvalue weighted by Crippen LogP contribution is -2.55. The van der Waals surface area contributed by atoms with E-state index in [2.05, 4.69) is 4.98 Å². The number of rotatable bonds is 7. The predicted molar refractivity (Wildman–Crippen MR) is 120 cm³/mol. The average Bonchev–Trinajstić information content (AvgIpc) is 2.77. The molecule has 0 bridgehead atoms. The van der Waals surface area contributed by atoms with Crippen LogP contribution >= 0.6 is 11.8 Å². The molecular formula is C23H24FNO8S. The molecule has 182 valence electrons. The zero-order chi connectivity index (χ0) is 24.8. The lowest BCUT2D eigenvalue weighted by molar-refractivity contribution is -0.186. The van der Waals surface area contributed by atoms with Gasteiger partial charge in [-0.1, -0.05) is 6.07 Å². The Kier molecular flexibility index (Phi) is 8.32. The Morgan fingerprint density at radius 2 is 1.62 bits per heavy atom. The molecule has 1 aliphatic rings. The van der Waals surface area contributed by atoms with Crippen LogP contribution in [0.3, 0.4) is 0 Å². The fourth-order valence-electron chi connectivity index (χ4n) is 3.43. The fourth-order valence-corrected chi connectivity index (χ4v) is 4.65. The quantitative estimate of drug-likeness (QED) is 0.421. The maximum absolute atomic E-state index is 14.2. The smallest absolute Gasteiger partial charge is 0.303 e. The summed E-state index contributed by atoms with van der Waals surface area (Å²) in [6.45, 7) is 3.65. The van der Waals surface area contributed by atoms with Crippen LogP contribution in [0.4, 0.5) is 4.39 Å². The van der Waals surface area contributed by atoms with Crippen molar-refractivity contribution in [2.45, 2.75) is 44.5 Å². The van der Waals surface area contributed by atoms with Crippen molar-refractivity contribution in [1.29, 1.82) is 0 Å². The van der Waals surface area contributed by atoms with Crippen molar-refractivity contribution >= 4 is 29.7 Å². The molecule has 11 heteroatoms. The van der Waals surface area contributed by atoms with Crippen molar-refractivity contribution in [3.05, 3.63) is 42.5 Å². The molecule has 0 saturated carbocycles. The number of methoxy groups -OCH3 is 1. The largest absolute Gasteiger partial charge is 0.494 e. The molecule has 1 aromatic heterocycles. The van der Waals surface area contributed by atoms with Crippen LogP contribution in [0.1, 0.15) is 20.8 Å². The monoisotopic (exact) mass is 493 g/mol. The molecule has 9 nitrogen and oxygen atoms in total. The Morgan fingerprint density at radius 1 is 0.941 bits per heavy atom. The first kappa shape index (κ1) is 25.3. The number of hydrogen-bond acceptors (Lipinski definition) is 10. The molecule has 1 saturated heterocycles. The number of aromatic nitrogens is 1. The van der Waals surface area contributed by atoms with E-state index in [4.69, 9.17) is 23.7 Å². The number of pyridine rings is 1. The number of ether oxygens (including phenoxy) is 5. The minimum absolute atomic E-state index is 0.116. The zero-order valence-electron chi connectivity index (χ0n) is 19.0. The molecule has 1 fully saturated rings. The van der Waals surface area contributed by atoms with Crippen molar-refractivity contribution in [3.63, 3.8) is 0 Å². The standard InChI is InChI=1S/C23H24FNO8S/c1-12(26)30-20-11-34-23(22(32-14(3)28)21(20)31-13(2)27)33-17-7-16(9-25-10-17)15-5-6-19(29-4)18(24)8-15/h5-10,20-23H,11H2,1-4H3/t20-,21+,22-,23-/m1/s1. The molecule has 3 rings (SSSR count). The molecule has 0 radical (unpaired) electrons. The van der Waals surface area contributed by atoms with Crippen LogP contribution in [0.2, 0.25) is 0 Å². The highest BCUT2D eigenvalue weighted by Gasteiger charge is 2.47. The van der Waals surface area contributed by atoms with Gasteiger partial charge in [0.05, 0.1) is 13.3 Å². The molecule has 1 aromatic carbocycles. The first-order valence-electron chi connectivity index (χ1n) is 10.3. The number of carbonyl (C=O) groups is 3. The Morgan fingerprint density at radius 3 is 2.24 bits per heavy atom. The second-order valence-corrected chi connectivity index (χ2v) is 8.51. The number of esters is 3. The summed E-state index contributed by atoms with van der Waals surface area (Å²) in [5, 5.41) is 0. The highest BCUT2D eigenvalue weighted by Crippen LogP contribution is 2.35. The fraction of sp³-hybridized carbons (Fsp3) is 0.391. The summed E-state index contributed by atoms with van der Waals surface area (Å²) in [5.74, 6) is -1.68.